The van der Waals surface area contributed by atoms with Crippen LogP contribution in [0.2, 0.25) is 0 Å². The summed E-state index contributed by atoms with van der Waals surface area (Å²) in [5.74, 6) is 1.17. The van der Waals surface area contributed by atoms with Gasteiger partial charge >= 0.3 is 0 Å². The predicted octanol–water partition coefficient (Wildman–Crippen LogP) is 3.99. The Balaban J connectivity index is 1.62. The smallest absolute Gasteiger partial charge is 0.256 e. The zero-order valence-electron chi connectivity index (χ0n) is 16.9. The van der Waals surface area contributed by atoms with Gasteiger partial charge in [-0.3, -0.25) is 9.59 Å². The van der Waals surface area contributed by atoms with Crippen molar-refractivity contribution in [3.63, 3.8) is 0 Å². The third-order valence-electron chi connectivity index (χ3n) is 5.60. The van der Waals surface area contributed by atoms with Gasteiger partial charge in [0.2, 0.25) is 5.88 Å². The molecule has 1 heterocycles. The van der Waals surface area contributed by atoms with Crippen molar-refractivity contribution in [2.24, 2.45) is 11.8 Å². The van der Waals surface area contributed by atoms with Crippen LogP contribution in [-0.2, 0) is 0 Å². The number of pyridine rings is 1. The van der Waals surface area contributed by atoms with E-state index in [0.29, 0.717) is 35.3 Å². The number of amides is 1. The molecule has 0 aliphatic heterocycles. The summed E-state index contributed by atoms with van der Waals surface area (Å²) in [5, 5.41) is 12.7. The van der Waals surface area contributed by atoms with Crippen LogP contribution in [0, 0.1) is 11.8 Å². The van der Waals surface area contributed by atoms with Crippen LogP contribution in [0.3, 0.4) is 0 Å². The number of benzene rings is 1. The summed E-state index contributed by atoms with van der Waals surface area (Å²) < 4.78 is 5.80. The Kier molecular flexibility index (Phi) is 6.99. The molecule has 6 nitrogen and oxygen atoms in total. The van der Waals surface area contributed by atoms with Crippen molar-refractivity contribution in [1.29, 1.82) is 0 Å². The Morgan fingerprint density at radius 3 is 2.66 bits per heavy atom. The van der Waals surface area contributed by atoms with E-state index in [4.69, 9.17) is 4.74 Å². The van der Waals surface area contributed by atoms with Crippen molar-refractivity contribution in [3.8, 4) is 11.6 Å². The van der Waals surface area contributed by atoms with E-state index in [2.05, 4.69) is 10.3 Å². The van der Waals surface area contributed by atoms with Gasteiger partial charge in [0.1, 0.15) is 11.3 Å². The second-order valence-corrected chi connectivity index (χ2v) is 7.77. The number of hydrogen-bond acceptors (Lipinski definition) is 5. The third-order valence-corrected chi connectivity index (χ3v) is 5.60. The summed E-state index contributed by atoms with van der Waals surface area (Å²) in [4.78, 5) is 28.5. The monoisotopic (exact) mass is 396 g/mol. The molecule has 29 heavy (non-hydrogen) atoms. The van der Waals surface area contributed by atoms with E-state index in [1.807, 2.05) is 6.92 Å². The molecule has 3 rings (SSSR count). The molecule has 1 aromatic heterocycles. The Hall–Kier alpha value is -2.73. The average Bonchev–Trinajstić information content (AvgIpc) is 2.73. The highest BCUT2D eigenvalue weighted by atomic mass is 16.5. The molecule has 2 N–H and O–H groups in total. The average molecular weight is 396 g/mol. The molecule has 1 unspecified atom stereocenters. The normalized spacial score (nSPS) is 20.0. The van der Waals surface area contributed by atoms with E-state index in [1.165, 1.54) is 6.92 Å². The summed E-state index contributed by atoms with van der Waals surface area (Å²) in [5.41, 5.74) is 0.899. The summed E-state index contributed by atoms with van der Waals surface area (Å²) in [6.45, 7) is 3.94. The van der Waals surface area contributed by atoms with Crippen LogP contribution in [0.15, 0.2) is 42.6 Å². The van der Waals surface area contributed by atoms with Crippen molar-refractivity contribution in [2.75, 3.05) is 6.54 Å². The number of aromatic nitrogens is 1. The fourth-order valence-electron chi connectivity index (χ4n) is 3.74. The fraction of sp³-hybridized carbons (Fsp3) is 0.435. The number of aliphatic hydroxyl groups excluding tert-OH is 1. The van der Waals surface area contributed by atoms with E-state index in [0.717, 1.165) is 25.7 Å². The van der Waals surface area contributed by atoms with E-state index in [-0.39, 0.29) is 23.7 Å². The van der Waals surface area contributed by atoms with Crippen LogP contribution in [0.5, 0.6) is 11.6 Å². The van der Waals surface area contributed by atoms with Crippen molar-refractivity contribution < 1.29 is 19.4 Å². The summed E-state index contributed by atoms with van der Waals surface area (Å²) >= 11 is 0. The molecule has 1 aromatic carbocycles. The minimum Gasteiger partial charge on any atom is -0.438 e. The molecule has 1 saturated carbocycles. The molecule has 154 valence electrons. The number of ether oxygens (including phenoxy) is 1. The molecule has 2 aromatic rings. The maximum absolute atomic E-state index is 12.7. The summed E-state index contributed by atoms with van der Waals surface area (Å²) in [6.07, 6.45) is 5.30. The van der Waals surface area contributed by atoms with Gasteiger partial charge < -0.3 is 15.2 Å². The highest BCUT2D eigenvalue weighted by Gasteiger charge is 2.25. The molecular formula is C23H28N2O4. The first-order chi connectivity index (χ1) is 13.9. The zero-order valence-corrected chi connectivity index (χ0v) is 16.9. The van der Waals surface area contributed by atoms with Gasteiger partial charge in [0.15, 0.2) is 5.78 Å². The number of nitrogens with zero attached hydrogens (tertiary/aromatic N) is 1. The largest absolute Gasteiger partial charge is 0.438 e. The topological polar surface area (TPSA) is 88.5 Å². The van der Waals surface area contributed by atoms with Crippen LogP contribution >= 0.6 is 0 Å². The molecule has 1 fully saturated rings. The fourth-order valence-corrected chi connectivity index (χ4v) is 3.74. The van der Waals surface area contributed by atoms with Crippen LogP contribution < -0.4 is 10.1 Å². The van der Waals surface area contributed by atoms with Crippen LogP contribution in [0.25, 0.3) is 0 Å². The second kappa shape index (κ2) is 9.65. The predicted molar refractivity (Wildman–Crippen MR) is 110 cm³/mol. The Labute approximate surface area is 171 Å². The maximum atomic E-state index is 12.7. The molecule has 0 saturated heterocycles. The molecule has 1 aliphatic carbocycles. The van der Waals surface area contributed by atoms with Gasteiger partial charge in [0, 0.05) is 18.3 Å². The van der Waals surface area contributed by atoms with Gasteiger partial charge in [0.25, 0.3) is 5.91 Å². The van der Waals surface area contributed by atoms with Gasteiger partial charge in [0.05, 0.1) is 6.10 Å². The highest BCUT2D eigenvalue weighted by Crippen LogP contribution is 2.30. The SMILES string of the molecule is CC(=O)c1cccc(Oc2ncccc2C(=O)NCC2CCC(C(C)O)CC2)c1. The Morgan fingerprint density at radius 2 is 1.97 bits per heavy atom. The number of Topliss-reactive ketones (excluding diaryl/α,β-unsaturated/α-hetero) is 1. The number of ketones is 1. The quantitative estimate of drug-likeness (QED) is 0.691. The summed E-state index contributed by atoms with van der Waals surface area (Å²) in [6, 6.07) is 10.2. The minimum atomic E-state index is -0.262. The molecule has 6 heteroatoms. The first-order valence-electron chi connectivity index (χ1n) is 10.1. The number of rotatable bonds is 7. The van der Waals surface area contributed by atoms with Gasteiger partial charge in [-0.25, -0.2) is 4.98 Å². The molecule has 0 radical (unpaired) electrons. The standard InChI is InChI=1S/C23H28N2O4/c1-15(26)18-10-8-17(9-11-18)14-25-22(28)21-7-4-12-24-23(21)29-20-6-3-5-19(13-20)16(2)27/h3-7,12-13,15,17-18,26H,8-11,14H2,1-2H3,(H,25,28). The molecule has 0 spiro atoms. The Bertz CT molecular complexity index is 857. The highest BCUT2D eigenvalue weighted by molar-refractivity contribution is 5.96. The molecule has 1 aliphatic rings. The van der Waals surface area contributed by atoms with E-state index < -0.39 is 0 Å². The first-order valence-corrected chi connectivity index (χ1v) is 10.1. The first kappa shape index (κ1) is 21.0. The Morgan fingerprint density at radius 1 is 1.21 bits per heavy atom. The number of nitrogens with one attached hydrogen (secondary N) is 1. The lowest BCUT2D eigenvalue weighted by Gasteiger charge is -2.30. The van der Waals surface area contributed by atoms with Crippen molar-refractivity contribution in [1.82, 2.24) is 10.3 Å². The maximum Gasteiger partial charge on any atom is 0.256 e. The molecule has 1 atom stereocenters. The van der Waals surface area contributed by atoms with Crippen molar-refractivity contribution in [2.45, 2.75) is 45.6 Å². The zero-order chi connectivity index (χ0) is 20.8. The molecule has 0 bridgehead atoms. The van der Waals surface area contributed by atoms with E-state index >= 15 is 0 Å². The van der Waals surface area contributed by atoms with E-state index in [1.54, 1.807) is 42.6 Å². The number of carbonyl (C=O) groups excluding carboxylic acids is 2. The summed E-state index contributed by atoms with van der Waals surface area (Å²) in [7, 11) is 0. The third kappa shape index (κ3) is 5.64. The van der Waals surface area contributed by atoms with Gasteiger partial charge in [-0.1, -0.05) is 12.1 Å². The molecular weight excluding hydrogens is 368 g/mol. The van der Waals surface area contributed by atoms with E-state index in [9.17, 15) is 14.7 Å². The van der Waals surface area contributed by atoms with Crippen LogP contribution in [-0.4, -0.2) is 34.4 Å². The number of aliphatic hydroxyl groups is 1. The molecule has 1 amide bonds. The van der Waals surface area contributed by atoms with Gasteiger partial charge in [-0.2, -0.15) is 0 Å². The number of carbonyl (C=O) groups is 2. The number of hydrogen-bond donors (Lipinski definition) is 2. The lowest BCUT2D eigenvalue weighted by molar-refractivity contribution is 0.0839. The van der Waals surface area contributed by atoms with Crippen LogP contribution in [0.1, 0.15) is 60.2 Å². The lowest BCUT2D eigenvalue weighted by atomic mass is 9.80. The van der Waals surface area contributed by atoms with Crippen molar-refractivity contribution in [3.05, 3.63) is 53.7 Å². The van der Waals surface area contributed by atoms with Crippen LogP contribution in [0.4, 0.5) is 0 Å². The minimum absolute atomic E-state index is 0.0558. The second-order valence-electron chi connectivity index (χ2n) is 7.77. The van der Waals surface area contributed by atoms with Crippen molar-refractivity contribution >= 4 is 11.7 Å². The van der Waals surface area contributed by atoms with Gasteiger partial charge in [-0.15, -0.1) is 0 Å². The lowest BCUT2D eigenvalue weighted by Crippen LogP contribution is -2.33. The van der Waals surface area contributed by atoms with Gasteiger partial charge in [-0.05, 0) is 75.6 Å².